The standard InChI is InChI=1S/C18H32N4O2S.HI/c1-8-24-16(23)14-12(2)21-15(25-14)13(3)22-17(19-7)20-11-9-10-18(4,5)6;/h13H,8-11H2,1-7H3,(H2,19,20,22);1H. The summed E-state index contributed by atoms with van der Waals surface area (Å²) >= 11 is 1.37. The molecule has 0 aliphatic rings. The number of thiazole rings is 1. The minimum atomic E-state index is -0.305. The van der Waals surface area contributed by atoms with Gasteiger partial charge in [-0.25, -0.2) is 9.78 Å². The first kappa shape index (κ1) is 25.1. The number of guanidine groups is 1. The molecule has 0 aromatic carbocycles. The summed E-state index contributed by atoms with van der Waals surface area (Å²) in [5.41, 5.74) is 1.05. The summed E-state index contributed by atoms with van der Waals surface area (Å²) in [6.07, 6.45) is 2.24. The molecule has 1 aromatic rings. The lowest BCUT2D eigenvalue weighted by Gasteiger charge is -2.19. The second kappa shape index (κ2) is 11.7. The van der Waals surface area contributed by atoms with Crippen molar-refractivity contribution >= 4 is 47.2 Å². The number of carbonyl (C=O) groups excluding carboxylic acids is 1. The summed E-state index contributed by atoms with van der Waals surface area (Å²) in [7, 11) is 1.75. The highest BCUT2D eigenvalue weighted by Crippen LogP contribution is 2.24. The minimum Gasteiger partial charge on any atom is -0.462 e. The van der Waals surface area contributed by atoms with Crippen LogP contribution in [0.5, 0.6) is 0 Å². The van der Waals surface area contributed by atoms with E-state index >= 15 is 0 Å². The first-order chi connectivity index (χ1) is 11.7. The quantitative estimate of drug-likeness (QED) is 0.194. The van der Waals surface area contributed by atoms with Gasteiger partial charge in [-0.05, 0) is 39.0 Å². The monoisotopic (exact) mass is 496 g/mol. The van der Waals surface area contributed by atoms with Crippen LogP contribution in [-0.4, -0.2) is 37.1 Å². The molecule has 1 unspecified atom stereocenters. The van der Waals surface area contributed by atoms with Gasteiger partial charge in [-0.15, -0.1) is 35.3 Å². The zero-order valence-electron chi connectivity index (χ0n) is 16.9. The van der Waals surface area contributed by atoms with Gasteiger partial charge in [0.15, 0.2) is 5.96 Å². The van der Waals surface area contributed by atoms with Crippen LogP contribution >= 0.6 is 35.3 Å². The molecule has 150 valence electrons. The van der Waals surface area contributed by atoms with E-state index in [4.69, 9.17) is 4.74 Å². The van der Waals surface area contributed by atoms with Crippen molar-refractivity contribution in [1.82, 2.24) is 15.6 Å². The first-order valence-corrected chi connectivity index (χ1v) is 9.61. The molecule has 1 heterocycles. The molecule has 0 amide bonds. The Balaban J connectivity index is 0.00000625. The average molecular weight is 496 g/mol. The summed E-state index contributed by atoms with van der Waals surface area (Å²) in [5, 5.41) is 7.50. The molecule has 0 bridgehead atoms. The van der Waals surface area contributed by atoms with Crippen molar-refractivity contribution in [2.45, 2.75) is 60.4 Å². The Labute approximate surface area is 178 Å². The molecule has 0 saturated carbocycles. The van der Waals surface area contributed by atoms with Gasteiger partial charge in [0, 0.05) is 13.6 Å². The SMILES string of the molecule is CCOC(=O)c1sc(C(C)NC(=NC)NCCCC(C)(C)C)nc1C.I. The topological polar surface area (TPSA) is 75.6 Å². The Morgan fingerprint density at radius 2 is 2.04 bits per heavy atom. The second-order valence-electron chi connectivity index (χ2n) is 7.22. The number of aromatic nitrogens is 1. The molecule has 1 atom stereocenters. The van der Waals surface area contributed by atoms with Crippen molar-refractivity contribution in [2.75, 3.05) is 20.2 Å². The van der Waals surface area contributed by atoms with Crippen LogP contribution in [0, 0.1) is 12.3 Å². The molecular weight excluding hydrogens is 463 g/mol. The lowest BCUT2D eigenvalue weighted by Crippen LogP contribution is -2.39. The van der Waals surface area contributed by atoms with Gasteiger partial charge < -0.3 is 15.4 Å². The molecule has 6 nitrogen and oxygen atoms in total. The number of ether oxygens (including phenoxy) is 1. The maximum Gasteiger partial charge on any atom is 0.350 e. The van der Waals surface area contributed by atoms with E-state index in [1.165, 1.54) is 11.3 Å². The number of esters is 1. The van der Waals surface area contributed by atoms with Crippen molar-refractivity contribution in [2.24, 2.45) is 10.4 Å². The number of carbonyl (C=O) groups is 1. The Hall–Kier alpha value is -0.900. The molecule has 0 radical (unpaired) electrons. The zero-order valence-corrected chi connectivity index (χ0v) is 20.1. The van der Waals surface area contributed by atoms with Crippen LogP contribution in [-0.2, 0) is 4.74 Å². The van der Waals surface area contributed by atoms with Crippen LogP contribution < -0.4 is 10.6 Å². The highest BCUT2D eigenvalue weighted by atomic mass is 127. The summed E-state index contributed by atoms with van der Waals surface area (Å²) in [4.78, 5) is 21.3. The number of aryl methyl sites for hydroxylation is 1. The van der Waals surface area contributed by atoms with E-state index in [9.17, 15) is 4.79 Å². The fourth-order valence-electron chi connectivity index (χ4n) is 2.28. The van der Waals surface area contributed by atoms with Crippen LogP contribution in [0.2, 0.25) is 0 Å². The number of hydrogen-bond acceptors (Lipinski definition) is 5. The van der Waals surface area contributed by atoms with Crippen molar-refractivity contribution in [3.05, 3.63) is 15.6 Å². The van der Waals surface area contributed by atoms with E-state index < -0.39 is 0 Å². The van der Waals surface area contributed by atoms with E-state index in [2.05, 4.69) is 41.4 Å². The van der Waals surface area contributed by atoms with Crippen molar-refractivity contribution < 1.29 is 9.53 Å². The lowest BCUT2D eigenvalue weighted by molar-refractivity contribution is 0.0531. The maximum absolute atomic E-state index is 11.9. The third kappa shape index (κ3) is 8.66. The highest BCUT2D eigenvalue weighted by Gasteiger charge is 2.20. The molecule has 0 aliphatic carbocycles. The molecule has 0 spiro atoms. The van der Waals surface area contributed by atoms with E-state index in [1.54, 1.807) is 14.0 Å². The van der Waals surface area contributed by atoms with Gasteiger partial charge in [-0.3, -0.25) is 4.99 Å². The Bertz CT molecular complexity index is 597. The molecule has 0 aliphatic heterocycles. The third-order valence-electron chi connectivity index (χ3n) is 3.62. The Kier molecular flexibility index (Phi) is 11.3. The van der Waals surface area contributed by atoms with Crippen LogP contribution in [0.4, 0.5) is 0 Å². The summed E-state index contributed by atoms with van der Waals surface area (Å²) < 4.78 is 5.07. The van der Waals surface area contributed by atoms with Crippen LogP contribution in [0.3, 0.4) is 0 Å². The van der Waals surface area contributed by atoms with Crippen LogP contribution in [0.25, 0.3) is 0 Å². The fourth-order valence-corrected chi connectivity index (χ4v) is 3.24. The van der Waals surface area contributed by atoms with Gasteiger partial charge in [-0.1, -0.05) is 20.8 Å². The van der Waals surface area contributed by atoms with Gasteiger partial charge >= 0.3 is 5.97 Å². The van der Waals surface area contributed by atoms with E-state index in [0.29, 0.717) is 22.6 Å². The van der Waals surface area contributed by atoms with Crippen molar-refractivity contribution in [1.29, 1.82) is 0 Å². The first-order valence-electron chi connectivity index (χ1n) is 8.79. The predicted molar refractivity (Wildman–Crippen MR) is 120 cm³/mol. The number of nitrogens with one attached hydrogen (secondary N) is 2. The molecule has 26 heavy (non-hydrogen) atoms. The molecule has 1 rings (SSSR count). The maximum atomic E-state index is 11.9. The highest BCUT2D eigenvalue weighted by molar-refractivity contribution is 14.0. The number of nitrogens with zero attached hydrogens (tertiary/aromatic N) is 2. The molecular formula is C18H33IN4O2S. The summed E-state index contributed by atoms with van der Waals surface area (Å²) in [6, 6.07) is -0.0410. The van der Waals surface area contributed by atoms with Gasteiger partial charge in [0.25, 0.3) is 0 Å². The lowest BCUT2D eigenvalue weighted by atomic mass is 9.91. The minimum absolute atomic E-state index is 0. The number of rotatable bonds is 7. The number of aliphatic imine (C=N–C) groups is 1. The Morgan fingerprint density at radius 1 is 1.38 bits per heavy atom. The number of hydrogen-bond donors (Lipinski definition) is 2. The molecule has 0 saturated heterocycles. The van der Waals surface area contributed by atoms with Gasteiger partial charge in [0.1, 0.15) is 9.88 Å². The predicted octanol–water partition coefficient (Wildman–Crippen LogP) is 4.30. The number of halogens is 1. The van der Waals surface area contributed by atoms with Gasteiger partial charge in [0.05, 0.1) is 18.3 Å². The third-order valence-corrected chi connectivity index (χ3v) is 4.94. The van der Waals surface area contributed by atoms with Gasteiger partial charge in [0.2, 0.25) is 0 Å². The zero-order chi connectivity index (χ0) is 19.0. The van der Waals surface area contributed by atoms with E-state index in [1.807, 2.05) is 13.8 Å². The molecule has 1 aromatic heterocycles. The van der Waals surface area contributed by atoms with Crippen LogP contribution in [0.1, 0.15) is 73.9 Å². The van der Waals surface area contributed by atoms with E-state index in [-0.39, 0.29) is 36.0 Å². The molecule has 0 fully saturated rings. The molecule has 2 N–H and O–H groups in total. The largest absolute Gasteiger partial charge is 0.462 e. The summed E-state index contributed by atoms with van der Waals surface area (Å²) in [6.45, 7) is 13.6. The second-order valence-corrected chi connectivity index (χ2v) is 8.25. The smallest absolute Gasteiger partial charge is 0.350 e. The Morgan fingerprint density at radius 3 is 2.58 bits per heavy atom. The summed E-state index contributed by atoms with van der Waals surface area (Å²) in [5.74, 6) is 0.438. The van der Waals surface area contributed by atoms with Gasteiger partial charge in [-0.2, -0.15) is 0 Å². The average Bonchev–Trinajstić information content (AvgIpc) is 2.91. The van der Waals surface area contributed by atoms with Crippen LogP contribution in [0.15, 0.2) is 4.99 Å². The van der Waals surface area contributed by atoms with E-state index in [0.717, 1.165) is 30.4 Å². The van der Waals surface area contributed by atoms with Crippen molar-refractivity contribution in [3.8, 4) is 0 Å². The fraction of sp³-hybridized carbons (Fsp3) is 0.722. The molecule has 8 heteroatoms. The van der Waals surface area contributed by atoms with Crippen molar-refractivity contribution in [3.63, 3.8) is 0 Å². The normalized spacial score (nSPS) is 13.0.